The Morgan fingerprint density at radius 3 is 2.64 bits per heavy atom. The van der Waals surface area contributed by atoms with Gasteiger partial charge < -0.3 is 15.2 Å². The van der Waals surface area contributed by atoms with Crippen LogP contribution in [0.1, 0.15) is 37.5 Å². The number of carbonyl (C=O) groups is 3. The molecule has 1 aliphatic rings. The van der Waals surface area contributed by atoms with Crippen molar-refractivity contribution >= 4 is 23.7 Å². The number of nitrogens with zero attached hydrogens (tertiary/aromatic N) is 2. The Balaban J connectivity index is 1.82. The SMILES string of the molecule is CCCC[C@@]1(c2ccc(F)cc2)NC(=O)N(CC(=O)Nc2cc(C)on2)C1=O. The lowest BCUT2D eigenvalue weighted by molar-refractivity contribution is -0.134. The van der Waals surface area contributed by atoms with E-state index in [0.29, 0.717) is 24.2 Å². The van der Waals surface area contributed by atoms with Gasteiger partial charge in [0.05, 0.1) is 0 Å². The van der Waals surface area contributed by atoms with Crippen LogP contribution in [-0.2, 0) is 15.1 Å². The summed E-state index contributed by atoms with van der Waals surface area (Å²) in [7, 11) is 0. The van der Waals surface area contributed by atoms with Crippen molar-refractivity contribution in [2.75, 3.05) is 11.9 Å². The molecule has 1 aromatic heterocycles. The van der Waals surface area contributed by atoms with Crippen LogP contribution in [0.2, 0.25) is 0 Å². The van der Waals surface area contributed by atoms with Crippen LogP contribution < -0.4 is 10.6 Å². The van der Waals surface area contributed by atoms with Crippen molar-refractivity contribution in [3.05, 3.63) is 47.5 Å². The zero-order valence-corrected chi connectivity index (χ0v) is 15.6. The van der Waals surface area contributed by atoms with E-state index < -0.39 is 35.7 Å². The third-order valence-corrected chi connectivity index (χ3v) is 4.62. The van der Waals surface area contributed by atoms with Crippen LogP contribution >= 0.6 is 0 Å². The Hall–Kier alpha value is -3.23. The van der Waals surface area contributed by atoms with Crippen molar-refractivity contribution in [2.45, 2.75) is 38.6 Å². The summed E-state index contributed by atoms with van der Waals surface area (Å²) in [4.78, 5) is 38.8. The smallest absolute Gasteiger partial charge is 0.325 e. The lowest BCUT2D eigenvalue weighted by atomic mass is 9.85. The number of amides is 4. The van der Waals surface area contributed by atoms with Crippen LogP contribution in [0.4, 0.5) is 15.0 Å². The molecule has 2 aromatic rings. The zero-order chi connectivity index (χ0) is 20.3. The number of hydrogen-bond acceptors (Lipinski definition) is 5. The Morgan fingerprint density at radius 1 is 1.32 bits per heavy atom. The molecule has 2 N–H and O–H groups in total. The van der Waals surface area contributed by atoms with E-state index in [4.69, 9.17) is 4.52 Å². The number of unbranched alkanes of at least 4 members (excludes halogenated alkanes) is 1. The minimum atomic E-state index is -1.31. The highest BCUT2D eigenvalue weighted by atomic mass is 19.1. The standard InChI is InChI=1S/C19H21FN4O4/c1-3-4-9-19(13-5-7-14(20)8-6-13)17(26)24(18(27)22-19)11-16(25)21-15-10-12(2)28-23-15/h5-8,10H,3-4,9,11H2,1-2H3,(H,22,27)(H,21,23,25)/t19-/m0/s1. The molecule has 148 valence electrons. The molecule has 0 aliphatic carbocycles. The summed E-state index contributed by atoms with van der Waals surface area (Å²) < 4.78 is 18.2. The summed E-state index contributed by atoms with van der Waals surface area (Å²) in [6.45, 7) is 3.17. The van der Waals surface area contributed by atoms with E-state index in [1.165, 1.54) is 30.3 Å². The maximum Gasteiger partial charge on any atom is 0.325 e. The topological polar surface area (TPSA) is 105 Å². The number of hydrogen-bond donors (Lipinski definition) is 2. The molecule has 28 heavy (non-hydrogen) atoms. The average molecular weight is 388 g/mol. The van der Waals surface area contributed by atoms with Crippen molar-refractivity contribution < 1.29 is 23.3 Å². The van der Waals surface area contributed by atoms with Gasteiger partial charge in [-0.05, 0) is 31.0 Å². The van der Waals surface area contributed by atoms with Gasteiger partial charge in [-0.1, -0.05) is 37.1 Å². The number of anilines is 1. The number of halogens is 1. The van der Waals surface area contributed by atoms with Crippen LogP contribution in [0, 0.1) is 12.7 Å². The number of rotatable bonds is 7. The summed E-state index contributed by atoms with van der Waals surface area (Å²) in [5.74, 6) is -0.845. The van der Waals surface area contributed by atoms with Gasteiger partial charge in [0.2, 0.25) is 5.91 Å². The van der Waals surface area contributed by atoms with Gasteiger partial charge in [0.25, 0.3) is 5.91 Å². The molecule has 2 heterocycles. The molecule has 4 amide bonds. The molecular weight excluding hydrogens is 367 g/mol. The molecule has 0 spiro atoms. The third-order valence-electron chi connectivity index (χ3n) is 4.62. The summed E-state index contributed by atoms with van der Waals surface area (Å²) >= 11 is 0. The van der Waals surface area contributed by atoms with Crippen molar-refractivity contribution in [3.63, 3.8) is 0 Å². The first kappa shape index (κ1) is 19.5. The van der Waals surface area contributed by atoms with Gasteiger partial charge in [0.1, 0.15) is 23.7 Å². The monoisotopic (exact) mass is 388 g/mol. The van der Waals surface area contributed by atoms with E-state index in [2.05, 4.69) is 15.8 Å². The van der Waals surface area contributed by atoms with Crippen LogP contribution in [0.15, 0.2) is 34.9 Å². The predicted octanol–water partition coefficient (Wildman–Crippen LogP) is 2.70. The molecule has 3 rings (SSSR count). The molecule has 0 unspecified atom stereocenters. The predicted molar refractivity (Wildman–Crippen MR) is 97.7 cm³/mol. The molecule has 1 fully saturated rings. The Bertz CT molecular complexity index is 896. The fraction of sp³-hybridized carbons (Fsp3) is 0.368. The zero-order valence-electron chi connectivity index (χ0n) is 15.6. The lowest BCUT2D eigenvalue weighted by Gasteiger charge is -2.27. The fourth-order valence-electron chi connectivity index (χ4n) is 3.21. The molecule has 0 bridgehead atoms. The molecule has 9 heteroatoms. The summed E-state index contributed by atoms with van der Waals surface area (Å²) in [5.41, 5.74) is -0.832. The van der Waals surface area contributed by atoms with Crippen molar-refractivity contribution in [2.24, 2.45) is 0 Å². The summed E-state index contributed by atoms with van der Waals surface area (Å²) in [6.07, 6.45) is 1.82. The molecule has 0 saturated carbocycles. The third kappa shape index (κ3) is 3.73. The first-order chi connectivity index (χ1) is 13.4. The number of aryl methyl sites for hydroxylation is 1. The second kappa shape index (κ2) is 7.79. The maximum absolute atomic E-state index is 13.3. The molecule has 0 radical (unpaired) electrons. The average Bonchev–Trinajstić information content (AvgIpc) is 3.17. The Kier molecular flexibility index (Phi) is 5.43. The van der Waals surface area contributed by atoms with Gasteiger partial charge in [0.15, 0.2) is 5.82 Å². The van der Waals surface area contributed by atoms with Gasteiger partial charge in [-0.25, -0.2) is 9.18 Å². The van der Waals surface area contributed by atoms with Crippen LogP contribution in [0.3, 0.4) is 0 Å². The first-order valence-corrected chi connectivity index (χ1v) is 8.99. The first-order valence-electron chi connectivity index (χ1n) is 8.99. The number of aromatic nitrogens is 1. The van der Waals surface area contributed by atoms with Crippen LogP contribution in [0.5, 0.6) is 0 Å². The van der Waals surface area contributed by atoms with Crippen LogP contribution in [-0.4, -0.2) is 34.4 Å². The molecule has 1 atom stereocenters. The van der Waals surface area contributed by atoms with Gasteiger partial charge >= 0.3 is 6.03 Å². The fourth-order valence-corrected chi connectivity index (χ4v) is 3.21. The highest BCUT2D eigenvalue weighted by molar-refractivity contribution is 6.10. The summed E-state index contributed by atoms with van der Waals surface area (Å²) in [5, 5.41) is 8.84. The lowest BCUT2D eigenvalue weighted by Crippen LogP contribution is -2.44. The molecule has 1 aromatic carbocycles. The van der Waals surface area contributed by atoms with Gasteiger partial charge in [0, 0.05) is 6.07 Å². The van der Waals surface area contributed by atoms with E-state index in [-0.39, 0.29) is 5.82 Å². The minimum Gasteiger partial charge on any atom is -0.360 e. The second-order valence-electron chi connectivity index (χ2n) is 6.71. The van der Waals surface area contributed by atoms with Gasteiger partial charge in [-0.15, -0.1) is 0 Å². The van der Waals surface area contributed by atoms with Crippen molar-refractivity contribution in [3.8, 4) is 0 Å². The Morgan fingerprint density at radius 2 is 2.04 bits per heavy atom. The highest BCUT2D eigenvalue weighted by Gasteiger charge is 2.52. The second-order valence-corrected chi connectivity index (χ2v) is 6.71. The van der Waals surface area contributed by atoms with Crippen molar-refractivity contribution in [1.29, 1.82) is 0 Å². The molecule has 1 aliphatic heterocycles. The summed E-state index contributed by atoms with van der Waals surface area (Å²) in [6, 6.07) is 6.29. The number of imide groups is 1. The van der Waals surface area contributed by atoms with Gasteiger partial charge in [-0.2, -0.15) is 0 Å². The van der Waals surface area contributed by atoms with Gasteiger partial charge in [-0.3, -0.25) is 14.5 Å². The van der Waals surface area contributed by atoms with E-state index >= 15 is 0 Å². The molecule has 1 saturated heterocycles. The quantitative estimate of drug-likeness (QED) is 0.710. The van der Waals surface area contributed by atoms with E-state index in [9.17, 15) is 18.8 Å². The van der Waals surface area contributed by atoms with E-state index in [0.717, 1.165) is 11.3 Å². The number of carbonyl (C=O) groups excluding carboxylic acids is 3. The van der Waals surface area contributed by atoms with Crippen molar-refractivity contribution in [1.82, 2.24) is 15.4 Å². The molecule has 8 nitrogen and oxygen atoms in total. The largest absolute Gasteiger partial charge is 0.360 e. The number of nitrogens with one attached hydrogen (secondary N) is 2. The Labute approximate surface area is 161 Å². The minimum absolute atomic E-state index is 0.199. The molecular formula is C19H21FN4O4. The normalized spacial score (nSPS) is 19.0. The maximum atomic E-state index is 13.3. The number of benzene rings is 1. The van der Waals surface area contributed by atoms with E-state index in [1.807, 2.05) is 6.92 Å². The number of urea groups is 1. The van der Waals surface area contributed by atoms with Crippen LogP contribution in [0.25, 0.3) is 0 Å². The van der Waals surface area contributed by atoms with E-state index in [1.54, 1.807) is 6.92 Å². The highest BCUT2D eigenvalue weighted by Crippen LogP contribution is 2.34.